The highest BCUT2D eigenvalue weighted by atomic mass is 32.2. The van der Waals surface area contributed by atoms with Crippen LogP contribution in [0.15, 0.2) is 91.0 Å². The highest BCUT2D eigenvalue weighted by Crippen LogP contribution is 2.37. The van der Waals surface area contributed by atoms with Gasteiger partial charge in [-0.15, -0.1) is 0 Å². The molecule has 0 bridgehead atoms. The molecule has 0 amide bonds. The maximum absolute atomic E-state index is 13.1. The van der Waals surface area contributed by atoms with Gasteiger partial charge in [0.1, 0.15) is 24.4 Å². The average Bonchev–Trinajstić information content (AvgIpc) is 2.95. The Morgan fingerprint density at radius 3 is 1.92 bits per heavy atom. The number of fused-ring (bicyclic) bond motifs is 1. The summed E-state index contributed by atoms with van der Waals surface area (Å²) in [5, 5.41) is 0. The first-order chi connectivity index (χ1) is 17.7. The van der Waals surface area contributed by atoms with E-state index in [1.54, 1.807) is 0 Å². The zero-order valence-corrected chi connectivity index (χ0v) is 21.1. The fourth-order valence-electron chi connectivity index (χ4n) is 4.60. The first-order valence-electron chi connectivity index (χ1n) is 12.4. The van der Waals surface area contributed by atoms with Crippen LogP contribution in [-0.4, -0.2) is 46.4 Å². The molecule has 0 aromatic heterocycles. The van der Waals surface area contributed by atoms with Gasteiger partial charge in [0.2, 0.25) is 0 Å². The van der Waals surface area contributed by atoms with E-state index in [4.69, 9.17) is 23.7 Å². The Balaban J connectivity index is 1.43. The van der Waals surface area contributed by atoms with E-state index in [9.17, 15) is 4.21 Å². The van der Waals surface area contributed by atoms with Crippen LogP contribution in [0.4, 0.5) is 0 Å². The SMILES string of the molecule is CC[S@](=O)[C@H]1O[C@@H]2CO[C@@H](c3ccccc3)O[C@H]2[C@H](OCc2ccccc2)[C@H]1OCc1ccccc1. The van der Waals surface area contributed by atoms with E-state index < -0.39 is 46.9 Å². The van der Waals surface area contributed by atoms with Crippen molar-refractivity contribution in [1.29, 1.82) is 0 Å². The van der Waals surface area contributed by atoms with Crippen LogP contribution in [0.1, 0.15) is 29.9 Å². The summed E-state index contributed by atoms with van der Waals surface area (Å²) in [5.41, 5.74) is 2.35. The van der Waals surface area contributed by atoms with Crippen LogP contribution >= 0.6 is 0 Å². The first-order valence-corrected chi connectivity index (χ1v) is 13.8. The largest absolute Gasteiger partial charge is 0.368 e. The lowest BCUT2D eigenvalue weighted by molar-refractivity contribution is -0.330. The van der Waals surface area contributed by atoms with Crippen molar-refractivity contribution in [3.8, 4) is 0 Å². The molecule has 2 aliphatic rings. The van der Waals surface area contributed by atoms with Crippen LogP contribution in [0.5, 0.6) is 0 Å². The summed E-state index contributed by atoms with van der Waals surface area (Å²) in [6, 6.07) is 29.8. The molecule has 0 radical (unpaired) electrons. The lowest BCUT2D eigenvalue weighted by Crippen LogP contribution is -2.64. The Morgan fingerprint density at radius 2 is 1.33 bits per heavy atom. The molecule has 3 aromatic rings. The second kappa shape index (κ2) is 12.2. The van der Waals surface area contributed by atoms with Crippen LogP contribution in [0, 0.1) is 0 Å². The molecule has 3 aromatic carbocycles. The van der Waals surface area contributed by atoms with Crippen LogP contribution in [0.3, 0.4) is 0 Å². The fourth-order valence-corrected chi connectivity index (χ4v) is 5.73. The second-order valence-electron chi connectivity index (χ2n) is 8.91. The minimum absolute atomic E-state index is 0.318. The Labute approximate surface area is 214 Å². The van der Waals surface area contributed by atoms with Crippen molar-refractivity contribution >= 4 is 10.8 Å². The molecule has 36 heavy (non-hydrogen) atoms. The topological polar surface area (TPSA) is 63.2 Å². The highest BCUT2D eigenvalue weighted by molar-refractivity contribution is 7.85. The predicted octanol–water partition coefficient (Wildman–Crippen LogP) is 4.76. The molecule has 7 heteroatoms. The van der Waals surface area contributed by atoms with Crippen LogP contribution in [0.25, 0.3) is 0 Å². The zero-order chi connectivity index (χ0) is 24.7. The van der Waals surface area contributed by atoms with Crippen molar-refractivity contribution < 1.29 is 27.9 Å². The van der Waals surface area contributed by atoms with E-state index >= 15 is 0 Å². The van der Waals surface area contributed by atoms with Gasteiger partial charge in [0.15, 0.2) is 11.7 Å². The first kappa shape index (κ1) is 25.3. The number of rotatable bonds is 9. The summed E-state index contributed by atoms with van der Waals surface area (Å²) in [7, 11) is -1.27. The van der Waals surface area contributed by atoms with Gasteiger partial charge in [0.25, 0.3) is 0 Å². The van der Waals surface area contributed by atoms with Crippen LogP contribution < -0.4 is 0 Å². The van der Waals surface area contributed by atoms with Gasteiger partial charge in [0, 0.05) is 11.3 Å². The summed E-state index contributed by atoms with van der Waals surface area (Å²) in [4.78, 5) is 0. The normalized spacial score (nSPS) is 28.8. The standard InChI is InChI=1S/C29H32O6S/c1-2-36(30)29-27(32-19-22-14-8-4-9-15-22)26(31-18-21-12-6-3-7-13-21)25-24(34-29)20-33-28(35-25)23-16-10-5-11-17-23/h3-17,24-29H,2,18-20H2,1H3/t24-,25-,26+,27-,28-,29-,36+/m1/s1. The minimum atomic E-state index is -1.27. The van der Waals surface area contributed by atoms with E-state index in [2.05, 4.69) is 0 Å². The van der Waals surface area contributed by atoms with Gasteiger partial charge in [-0.25, -0.2) is 0 Å². The van der Waals surface area contributed by atoms with Gasteiger partial charge in [-0.1, -0.05) is 97.9 Å². The molecule has 2 fully saturated rings. The van der Waals surface area contributed by atoms with Gasteiger partial charge in [-0.05, 0) is 11.1 Å². The molecule has 0 spiro atoms. The van der Waals surface area contributed by atoms with E-state index in [1.165, 1.54) is 0 Å². The van der Waals surface area contributed by atoms with Gasteiger partial charge < -0.3 is 23.7 Å². The van der Waals surface area contributed by atoms with Crippen molar-refractivity contribution in [3.63, 3.8) is 0 Å². The molecule has 5 rings (SSSR count). The van der Waals surface area contributed by atoms with Crippen LogP contribution in [-0.2, 0) is 47.7 Å². The Hall–Kier alpha value is -2.39. The molecule has 0 N–H and O–H groups in total. The number of hydrogen-bond acceptors (Lipinski definition) is 6. The molecule has 2 saturated heterocycles. The van der Waals surface area contributed by atoms with E-state index in [0.29, 0.717) is 25.6 Å². The van der Waals surface area contributed by atoms with Crippen molar-refractivity contribution in [2.24, 2.45) is 0 Å². The van der Waals surface area contributed by atoms with Gasteiger partial charge >= 0.3 is 0 Å². The Bertz CT molecular complexity index is 1100. The third kappa shape index (κ3) is 5.94. The van der Waals surface area contributed by atoms with Gasteiger partial charge in [-0.2, -0.15) is 0 Å². The molecule has 6 nitrogen and oxygen atoms in total. The van der Waals surface area contributed by atoms with Crippen LogP contribution in [0.2, 0.25) is 0 Å². The number of benzene rings is 3. The highest BCUT2D eigenvalue weighted by Gasteiger charge is 2.52. The second-order valence-corrected chi connectivity index (χ2v) is 10.7. The quantitative estimate of drug-likeness (QED) is 0.415. The molecule has 2 heterocycles. The molecule has 0 saturated carbocycles. The molecule has 0 aliphatic carbocycles. The minimum Gasteiger partial charge on any atom is -0.368 e. The molecule has 190 valence electrons. The van der Waals surface area contributed by atoms with Gasteiger partial charge in [0.05, 0.1) is 30.6 Å². The monoisotopic (exact) mass is 508 g/mol. The summed E-state index contributed by atoms with van der Waals surface area (Å²) in [6.45, 7) is 2.94. The van der Waals surface area contributed by atoms with E-state index in [0.717, 1.165) is 16.7 Å². The Morgan fingerprint density at radius 1 is 0.778 bits per heavy atom. The molecular weight excluding hydrogens is 476 g/mol. The van der Waals surface area contributed by atoms with Crippen molar-refractivity contribution in [2.75, 3.05) is 12.4 Å². The smallest absolute Gasteiger partial charge is 0.184 e. The summed E-state index contributed by atoms with van der Waals surface area (Å²) in [5.74, 6) is 0.451. The lowest BCUT2D eigenvalue weighted by Gasteiger charge is -2.49. The molecule has 2 aliphatic heterocycles. The third-order valence-electron chi connectivity index (χ3n) is 6.47. The average molecular weight is 509 g/mol. The summed E-state index contributed by atoms with van der Waals surface area (Å²) >= 11 is 0. The maximum atomic E-state index is 13.1. The summed E-state index contributed by atoms with van der Waals surface area (Å²) < 4.78 is 45.0. The Kier molecular flexibility index (Phi) is 8.59. The third-order valence-corrected chi connectivity index (χ3v) is 7.94. The lowest BCUT2D eigenvalue weighted by atomic mass is 9.98. The van der Waals surface area contributed by atoms with Crippen molar-refractivity contribution in [3.05, 3.63) is 108 Å². The molecular formula is C29H32O6S. The zero-order valence-electron chi connectivity index (χ0n) is 20.3. The summed E-state index contributed by atoms with van der Waals surface area (Å²) in [6.07, 6.45) is -2.48. The number of hydrogen-bond donors (Lipinski definition) is 0. The fraction of sp³-hybridized carbons (Fsp3) is 0.379. The maximum Gasteiger partial charge on any atom is 0.184 e. The van der Waals surface area contributed by atoms with E-state index in [-0.39, 0.29) is 0 Å². The van der Waals surface area contributed by atoms with Crippen molar-refractivity contribution in [1.82, 2.24) is 0 Å². The molecule has 7 atom stereocenters. The molecule has 0 unspecified atom stereocenters. The van der Waals surface area contributed by atoms with Gasteiger partial charge in [-0.3, -0.25) is 4.21 Å². The predicted molar refractivity (Wildman–Crippen MR) is 137 cm³/mol. The van der Waals surface area contributed by atoms with E-state index in [1.807, 2.05) is 97.9 Å². The van der Waals surface area contributed by atoms with Crippen molar-refractivity contribution in [2.45, 2.75) is 56.3 Å². The number of ether oxygens (including phenoxy) is 5.